The van der Waals surface area contributed by atoms with Crippen LogP contribution in [0.1, 0.15) is 83.9 Å². The second-order valence-corrected chi connectivity index (χ2v) is 8.07. The molecular weight excluding hydrogens is 254 g/mol. The van der Waals surface area contributed by atoms with E-state index in [-0.39, 0.29) is 5.41 Å². The van der Waals surface area contributed by atoms with Gasteiger partial charge >= 0.3 is 0 Å². The van der Waals surface area contributed by atoms with Gasteiger partial charge < -0.3 is 5.32 Å². The molecular formula is C20H33N. The van der Waals surface area contributed by atoms with E-state index in [9.17, 15) is 0 Å². The van der Waals surface area contributed by atoms with Gasteiger partial charge in [-0.3, -0.25) is 0 Å². The average molecular weight is 287 g/mol. The number of rotatable bonds is 3. The van der Waals surface area contributed by atoms with E-state index in [2.05, 4.69) is 64.2 Å². The highest BCUT2D eigenvalue weighted by Gasteiger charge is 2.19. The summed E-state index contributed by atoms with van der Waals surface area (Å²) in [6.07, 6.45) is 6.86. The number of hydrogen-bond donors (Lipinski definition) is 1. The van der Waals surface area contributed by atoms with Crippen LogP contribution in [0.5, 0.6) is 0 Å². The van der Waals surface area contributed by atoms with Crippen LogP contribution in [-0.4, -0.2) is 6.04 Å². The average Bonchev–Trinajstić information content (AvgIpc) is 2.63. The minimum absolute atomic E-state index is 0.243. The van der Waals surface area contributed by atoms with Gasteiger partial charge in [-0.15, -0.1) is 0 Å². The van der Waals surface area contributed by atoms with Crippen molar-refractivity contribution in [2.45, 2.75) is 84.2 Å². The molecule has 1 heteroatoms. The van der Waals surface area contributed by atoms with Crippen molar-refractivity contribution in [2.24, 2.45) is 5.92 Å². The third kappa shape index (κ3) is 4.85. The van der Waals surface area contributed by atoms with E-state index in [1.54, 1.807) is 0 Å². The van der Waals surface area contributed by atoms with E-state index in [0.717, 1.165) is 5.92 Å². The van der Waals surface area contributed by atoms with E-state index >= 15 is 0 Å². The Labute approximate surface area is 131 Å². The molecule has 2 rings (SSSR count). The van der Waals surface area contributed by atoms with Crippen LogP contribution < -0.4 is 5.32 Å². The van der Waals surface area contributed by atoms with Crippen LogP contribution in [0, 0.1) is 5.92 Å². The van der Waals surface area contributed by atoms with Gasteiger partial charge in [-0.25, -0.2) is 0 Å². The van der Waals surface area contributed by atoms with Gasteiger partial charge in [-0.2, -0.15) is 0 Å². The molecule has 0 saturated heterocycles. The molecule has 0 aliphatic heterocycles. The molecule has 1 saturated carbocycles. The molecule has 0 radical (unpaired) electrons. The van der Waals surface area contributed by atoms with E-state index < -0.39 is 0 Å². The molecule has 21 heavy (non-hydrogen) atoms. The Balaban J connectivity index is 1.95. The Morgan fingerprint density at radius 2 is 1.67 bits per heavy atom. The highest BCUT2D eigenvalue weighted by molar-refractivity contribution is 5.29. The van der Waals surface area contributed by atoms with Crippen LogP contribution in [0.15, 0.2) is 24.3 Å². The van der Waals surface area contributed by atoms with Crippen molar-refractivity contribution in [2.75, 3.05) is 0 Å². The Morgan fingerprint density at radius 3 is 2.29 bits per heavy atom. The number of benzene rings is 1. The third-order valence-electron chi connectivity index (χ3n) is 5.02. The summed E-state index contributed by atoms with van der Waals surface area (Å²) in [5.74, 6) is 0.915. The van der Waals surface area contributed by atoms with E-state index in [1.165, 1.54) is 43.2 Å². The summed E-state index contributed by atoms with van der Waals surface area (Å²) in [7, 11) is 0. The summed E-state index contributed by atoms with van der Waals surface area (Å²) in [5.41, 5.74) is 3.08. The maximum Gasteiger partial charge on any atom is 0.0294 e. The zero-order valence-electron chi connectivity index (χ0n) is 14.6. The first-order valence-corrected chi connectivity index (χ1v) is 8.73. The highest BCUT2D eigenvalue weighted by atomic mass is 14.9. The molecule has 0 amide bonds. The fourth-order valence-corrected chi connectivity index (χ4v) is 3.38. The molecule has 3 atom stereocenters. The van der Waals surface area contributed by atoms with Crippen LogP contribution >= 0.6 is 0 Å². The maximum atomic E-state index is 3.85. The molecule has 1 aromatic carbocycles. The molecule has 0 heterocycles. The van der Waals surface area contributed by atoms with Crippen LogP contribution in [0.3, 0.4) is 0 Å². The zero-order chi connectivity index (χ0) is 15.5. The van der Waals surface area contributed by atoms with Crippen LogP contribution in [0.4, 0.5) is 0 Å². The number of nitrogens with one attached hydrogen (secondary N) is 1. The lowest BCUT2D eigenvalue weighted by atomic mass is 9.86. The summed E-state index contributed by atoms with van der Waals surface area (Å²) in [6.45, 7) is 11.5. The largest absolute Gasteiger partial charge is 0.307 e. The van der Waals surface area contributed by atoms with Gasteiger partial charge in [-0.05, 0) is 48.6 Å². The fourth-order valence-electron chi connectivity index (χ4n) is 3.38. The predicted octanol–water partition coefficient (Wildman–Crippen LogP) is 5.60. The van der Waals surface area contributed by atoms with Crippen molar-refractivity contribution in [3.05, 3.63) is 35.4 Å². The smallest absolute Gasteiger partial charge is 0.0294 e. The Bertz CT molecular complexity index is 426. The van der Waals surface area contributed by atoms with Crippen LogP contribution in [-0.2, 0) is 5.41 Å². The lowest BCUT2D eigenvalue weighted by Gasteiger charge is -2.24. The minimum Gasteiger partial charge on any atom is -0.307 e. The molecule has 1 N–H and O–H groups in total. The van der Waals surface area contributed by atoms with Gasteiger partial charge in [0.05, 0.1) is 0 Å². The molecule has 1 aliphatic carbocycles. The first-order valence-electron chi connectivity index (χ1n) is 8.73. The van der Waals surface area contributed by atoms with Crippen LogP contribution in [0.25, 0.3) is 0 Å². The summed E-state index contributed by atoms with van der Waals surface area (Å²) in [5, 5.41) is 3.85. The molecule has 0 bridgehead atoms. The maximum absolute atomic E-state index is 3.85. The normalized spacial score (nSPS) is 25.4. The summed E-state index contributed by atoms with van der Waals surface area (Å²) in [4.78, 5) is 0. The molecule has 0 aromatic heterocycles. The van der Waals surface area contributed by atoms with Gasteiger partial charge in [0.15, 0.2) is 0 Å². The van der Waals surface area contributed by atoms with E-state index in [4.69, 9.17) is 0 Å². The molecule has 1 fully saturated rings. The standard InChI is InChI=1S/C20H33N/c1-15-7-6-8-19(14-9-15)21-16(2)17-10-12-18(13-11-17)20(3,4)5/h10-13,15-16,19,21H,6-9,14H2,1-5H3. The first kappa shape index (κ1) is 16.5. The lowest BCUT2D eigenvalue weighted by Crippen LogP contribution is -2.31. The van der Waals surface area contributed by atoms with Gasteiger partial charge in [0.1, 0.15) is 0 Å². The summed E-state index contributed by atoms with van der Waals surface area (Å²) < 4.78 is 0. The molecule has 0 spiro atoms. The van der Waals surface area contributed by atoms with Gasteiger partial charge in [0, 0.05) is 12.1 Å². The quantitative estimate of drug-likeness (QED) is 0.713. The van der Waals surface area contributed by atoms with Crippen molar-refractivity contribution in [3.8, 4) is 0 Å². The summed E-state index contributed by atoms with van der Waals surface area (Å²) in [6, 6.07) is 10.4. The highest BCUT2D eigenvalue weighted by Crippen LogP contribution is 2.26. The van der Waals surface area contributed by atoms with Crippen molar-refractivity contribution >= 4 is 0 Å². The molecule has 1 aliphatic rings. The third-order valence-corrected chi connectivity index (χ3v) is 5.02. The fraction of sp³-hybridized carbons (Fsp3) is 0.700. The Kier molecular flexibility index (Phi) is 5.48. The second-order valence-electron chi connectivity index (χ2n) is 8.07. The molecule has 118 valence electrons. The van der Waals surface area contributed by atoms with Crippen molar-refractivity contribution in [1.29, 1.82) is 0 Å². The van der Waals surface area contributed by atoms with Gasteiger partial charge in [0.2, 0.25) is 0 Å². The minimum atomic E-state index is 0.243. The Morgan fingerprint density at radius 1 is 1.00 bits per heavy atom. The topological polar surface area (TPSA) is 12.0 Å². The van der Waals surface area contributed by atoms with E-state index in [0.29, 0.717) is 12.1 Å². The molecule has 1 aromatic rings. The van der Waals surface area contributed by atoms with Crippen LogP contribution in [0.2, 0.25) is 0 Å². The SMILES string of the molecule is CC1CCCC(NC(C)c2ccc(C(C)(C)C)cc2)CC1. The monoisotopic (exact) mass is 287 g/mol. The van der Waals surface area contributed by atoms with Crippen molar-refractivity contribution in [3.63, 3.8) is 0 Å². The van der Waals surface area contributed by atoms with Gasteiger partial charge in [0.25, 0.3) is 0 Å². The van der Waals surface area contributed by atoms with E-state index in [1.807, 2.05) is 0 Å². The Hall–Kier alpha value is -0.820. The zero-order valence-corrected chi connectivity index (χ0v) is 14.6. The van der Waals surface area contributed by atoms with Gasteiger partial charge in [-0.1, -0.05) is 64.8 Å². The number of hydrogen-bond acceptors (Lipinski definition) is 1. The second kappa shape index (κ2) is 6.96. The molecule has 3 unspecified atom stereocenters. The molecule has 1 nitrogen and oxygen atoms in total. The first-order chi connectivity index (χ1) is 9.86. The van der Waals surface area contributed by atoms with Crippen molar-refractivity contribution in [1.82, 2.24) is 5.32 Å². The lowest BCUT2D eigenvalue weighted by molar-refractivity contribution is 0.408. The summed E-state index contributed by atoms with van der Waals surface area (Å²) >= 11 is 0. The van der Waals surface area contributed by atoms with Crippen molar-refractivity contribution < 1.29 is 0 Å². The predicted molar refractivity (Wildman–Crippen MR) is 92.7 cm³/mol.